The monoisotopic (exact) mass is 240 g/mol. The number of rotatable bonds is 7. The first-order valence-corrected chi connectivity index (χ1v) is 5.95. The predicted octanol–water partition coefficient (Wildman–Crippen LogP) is 2.25. The Morgan fingerprint density at radius 3 is 2.53 bits per heavy atom. The highest BCUT2D eigenvalue weighted by Gasteiger charge is 2.33. The van der Waals surface area contributed by atoms with Crippen LogP contribution in [0.1, 0.15) is 51.7 Å². The third-order valence-electron chi connectivity index (χ3n) is 3.10. The minimum atomic E-state index is -0.474. The molecule has 1 heterocycles. The van der Waals surface area contributed by atoms with E-state index < -0.39 is 5.60 Å². The highest BCUT2D eigenvalue weighted by atomic mass is 16.5. The molecule has 0 spiro atoms. The molecule has 0 unspecified atom stereocenters. The highest BCUT2D eigenvalue weighted by Crippen LogP contribution is 2.30. The number of methoxy groups -OCH3 is 1. The molecule has 0 saturated carbocycles. The maximum absolute atomic E-state index is 10.9. The molecule has 0 aromatic carbocycles. The maximum atomic E-state index is 10.9. The minimum Gasteiger partial charge on any atom is -0.370 e. The predicted molar refractivity (Wildman–Crippen MR) is 62.6 cm³/mol. The van der Waals surface area contributed by atoms with Crippen LogP contribution in [0.15, 0.2) is 4.52 Å². The van der Waals surface area contributed by atoms with E-state index in [0.717, 1.165) is 12.8 Å². The van der Waals surface area contributed by atoms with E-state index >= 15 is 0 Å². The summed E-state index contributed by atoms with van der Waals surface area (Å²) in [5.41, 5.74) is -0.474. The van der Waals surface area contributed by atoms with Crippen molar-refractivity contribution in [2.24, 2.45) is 0 Å². The summed E-state index contributed by atoms with van der Waals surface area (Å²) in [6, 6.07) is 0. The molecule has 0 fully saturated rings. The molecule has 0 atom stereocenters. The van der Waals surface area contributed by atoms with Crippen LogP contribution in [0.25, 0.3) is 0 Å². The zero-order valence-electron chi connectivity index (χ0n) is 10.9. The first-order valence-electron chi connectivity index (χ1n) is 5.95. The molecule has 0 radical (unpaired) electrons. The molecule has 0 amide bonds. The van der Waals surface area contributed by atoms with Crippen LogP contribution in [0.4, 0.5) is 0 Å². The van der Waals surface area contributed by atoms with Crippen molar-refractivity contribution in [1.29, 1.82) is 0 Å². The second-order valence-electron chi connectivity index (χ2n) is 4.12. The Bertz CT molecular complexity index is 361. The number of aromatic nitrogens is 2. The molecule has 1 aromatic heterocycles. The summed E-state index contributed by atoms with van der Waals surface area (Å²) < 4.78 is 10.6. The van der Waals surface area contributed by atoms with E-state index in [0.29, 0.717) is 24.6 Å². The number of carbonyl (C=O) groups is 1. The molecule has 1 aromatic rings. The zero-order chi connectivity index (χ0) is 12.9. The Kier molecular flexibility index (Phi) is 4.81. The molecule has 5 nitrogen and oxygen atoms in total. The highest BCUT2D eigenvalue weighted by molar-refractivity contribution is 5.75. The number of ketones is 1. The number of Topliss-reactive ketones (excluding diaryl/α,β-unsaturated/α-hetero) is 1. The largest absolute Gasteiger partial charge is 0.370 e. The fourth-order valence-electron chi connectivity index (χ4n) is 1.77. The molecular weight excluding hydrogens is 220 g/mol. The fourth-order valence-corrected chi connectivity index (χ4v) is 1.77. The van der Waals surface area contributed by atoms with Gasteiger partial charge in [0.25, 0.3) is 0 Å². The smallest absolute Gasteiger partial charge is 0.227 e. The molecule has 0 bridgehead atoms. The van der Waals surface area contributed by atoms with Gasteiger partial charge >= 0.3 is 0 Å². The van der Waals surface area contributed by atoms with Gasteiger partial charge < -0.3 is 14.1 Å². The first kappa shape index (κ1) is 13.8. The van der Waals surface area contributed by atoms with E-state index in [-0.39, 0.29) is 5.78 Å². The normalized spacial score (nSPS) is 11.8. The van der Waals surface area contributed by atoms with Crippen LogP contribution in [0.2, 0.25) is 0 Å². The summed E-state index contributed by atoms with van der Waals surface area (Å²) >= 11 is 0. The topological polar surface area (TPSA) is 65.2 Å². The Labute approximate surface area is 102 Å². The van der Waals surface area contributed by atoms with Gasteiger partial charge in [-0.3, -0.25) is 0 Å². The van der Waals surface area contributed by atoms with Gasteiger partial charge in [-0.15, -0.1) is 0 Å². The van der Waals surface area contributed by atoms with Gasteiger partial charge in [0, 0.05) is 20.0 Å². The lowest BCUT2D eigenvalue weighted by Crippen LogP contribution is -2.28. The molecule has 1 rings (SSSR count). The van der Waals surface area contributed by atoms with Crippen LogP contribution in [-0.4, -0.2) is 23.0 Å². The summed E-state index contributed by atoms with van der Waals surface area (Å²) in [5, 5.41) is 3.96. The van der Waals surface area contributed by atoms with Gasteiger partial charge in [-0.25, -0.2) is 0 Å². The Balaban J connectivity index is 2.81. The summed E-state index contributed by atoms with van der Waals surface area (Å²) in [6.45, 7) is 5.60. The first-order chi connectivity index (χ1) is 8.07. The molecule has 5 heteroatoms. The minimum absolute atomic E-state index is 0.119. The van der Waals surface area contributed by atoms with E-state index in [9.17, 15) is 4.79 Å². The summed E-state index contributed by atoms with van der Waals surface area (Å²) in [4.78, 5) is 15.2. The number of aryl methyl sites for hydroxylation is 1. The average molecular weight is 240 g/mol. The SMILES string of the molecule is CCC(CC)(OC)c1noc(CCC(C)=O)n1. The van der Waals surface area contributed by atoms with E-state index in [1.54, 1.807) is 14.0 Å². The summed E-state index contributed by atoms with van der Waals surface area (Å²) in [7, 11) is 1.65. The maximum Gasteiger partial charge on any atom is 0.227 e. The van der Waals surface area contributed by atoms with E-state index in [1.165, 1.54) is 0 Å². The lowest BCUT2D eigenvalue weighted by Gasteiger charge is -2.25. The van der Waals surface area contributed by atoms with Gasteiger partial charge in [0.2, 0.25) is 11.7 Å². The number of hydrogen-bond acceptors (Lipinski definition) is 5. The molecule has 96 valence electrons. The molecule has 0 aliphatic rings. The van der Waals surface area contributed by atoms with Gasteiger partial charge in [0.05, 0.1) is 0 Å². The van der Waals surface area contributed by atoms with Crippen molar-refractivity contribution < 1.29 is 14.1 Å². The van der Waals surface area contributed by atoms with Crippen molar-refractivity contribution in [3.8, 4) is 0 Å². The van der Waals surface area contributed by atoms with Crippen molar-refractivity contribution in [1.82, 2.24) is 10.1 Å². The van der Waals surface area contributed by atoms with Crippen molar-refractivity contribution in [3.63, 3.8) is 0 Å². The lowest BCUT2D eigenvalue weighted by atomic mass is 9.96. The van der Waals surface area contributed by atoms with E-state index in [1.807, 2.05) is 13.8 Å². The van der Waals surface area contributed by atoms with Gasteiger partial charge in [-0.2, -0.15) is 4.98 Å². The van der Waals surface area contributed by atoms with Gasteiger partial charge in [-0.05, 0) is 19.8 Å². The van der Waals surface area contributed by atoms with Crippen LogP contribution >= 0.6 is 0 Å². The van der Waals surface area contributed by atoms with Crippen molar-refractivity contribution in [2.45, 2.75) is 52.1 Å². The molecule has 17 heavy (non-hydrogen) atoms. The van der Waals surface area contributed by atoms with Crippen LogP contribution in [-0.2, 0) is 21.6 Å². The van der Waals surface area contributed by atoms with Gasteiger partial charge in [-0.1, -0.05) is 19.0 Å². The number of nitrogens with zero attached hydrogens (tertiary/aromatic N) is 2. The van der Waals surface area contributed by atoms with Crippen LogP contribution in [0, 0.1) is 0 Å². The fraction of sp³-hybridized carbons (Fsp3) is 0.750. The van der Waals surface area contributed by atoms with Crippen LogP contribution < -0.4 is 0 Å². The van der Waals surface area contributed by atoms with Crippen LogP contribution in [0.3, 0.4) is 0 Å². The van der Waals surface area contributed by atoms with Gasteiger partial charge in [0.15, 0.2) is 0 Å². The zero-order valence-corrected chi connectivity index (χ0v) is 10.9. The quantitative estimate of drug-likeness (QED) is 0.731. The van der Waals surface area contributed by atoms with Crippen molar-refractivity contribution in [2.75, 3.05) is 7.11 Å². The van der Waals surface area contributed by atoms with Crippen molar-refractivity contribution in [3.05, 3.63) is 11.7 Å². The third-order valence-corrected chi connectivity index (χ3v) is 3.10. The third kappa shape index (κ3) is 3.12. The van der Waals surface area contributed by atoms with Crippen molar-refractivity contribution >= 4 is 5.78 Å². The molecule has 0 N–H and O–H groups in total. The Hall–Kier alpha value is -1.23. The second-order valence-corrected chi connectivity index (χ2v) is 4.12. The number of hydrogen-bond donors (Lipinski definition) is 0. The summed E-state index contributed by atoms with van der Waals surface area (Å²) in [5.74, 6) is 1.19. The molecule has 0 aliphatic heterocycles. The van der Waals surface area contributed by atoms with E-state index in [4.69, 9.17) is 9.26 Å². The lowest BCUT2D eigenvalue weighted by molar-refractivity contribution is -0.117. The van der Waals surface area contributed by atoms with Gasteiger partial charge in [0.1, 0.15) is 11.4 Å². The Morgan fingerprint density at radius 1 is 1.41 bits per heavy atom. The molecular formula is C12H20N2O3. The molecule has 0 aliphatic carbocycles. The second kappa shape index (κ2) is 5.91. The average Bonchev–Trinajstić information content (AvgIpc) is 2.79. The summed E-state index contributed by atoms with van der Waals surface area (Å²) in [6.07, 6.45) is 2.49. The number of ether oxygens (including phenoxy) is 1. The number of carbonyl (C=O) groups excluding carboxylic acids is 1. The Morgan fingerprint density at radius 2 is 2.06 bits per heavy atom. The standard InChI is InChI=1S/C12H20N2O3/c1-5-12(6-2,16-4)11-13-10(17-14-11)8-7-9(3)15/h5-8H2,1-4H3. The van der Waals surface area contributed by atoms with E-state index in [2.05, 4.69) is 10.1 Å². The molecule has 0 saturated heterocycles. The van der Waals surface area contributed by atoms with Crippen LogP contribution in [0.5, 0.6) is 0 Å².